The van der Waals surface area contributed by atoms with Crippen molar-refractivity contribution in [3.8, 4) is 0 Å². The normalized spacial score (nSPS) is 10.6. The van der Waals surface area contributed by atoms with Crippen molar-refractivity contribution in [3.05, 3.63) is 13.2 Å². The summed E-state index contributed by atoms with van der Waals surface area (Å²) in [6, 6.07) is -0.926. The molecule has 0 saturated carbocycles. The second kappa shape index (κ2) is 11.4. The standard InChI is InChI=1S/C6H12NO3.CH3.U/c1-2-10-6(9)5(7)3-4-8;;/h5,7-8H,2-4H2,1H3;1H3;/q2*-1;+2. The third-order valence-corrected chi connectivity index (χ3v) is 0.989. The molecule has 12 heavy (non-hydrogen) atoms. The first-order valence-electron chi connectivity index (χ1n) is 3.21. The summed E-state index contributed by atoms with van der Waals surface area (Å²) in [6.07, 6.45) is 0.152. The summed E-state index contributed by atoms with van der Waals surface area (Å²) >= 11 is 0. The molecule has 0 amide bonds. The smallest absolute Gasteiger partial charge is 0.665 e. The molecule has 0 aromatic heterocycles. The molecule has 2 N–H and O–H groups in total. The van der Waals surface area contributed by atoms with Crippen LogP contribution in [0.5, 0.6) is 0 Å². The van der Waals surface area contributed by atoms with Crippen LogP contribution in [0.15, 0.2) is 0 Å². The van der Waals surface area contributed by atoms with Gasteiger partial charge in [0, 0.05) is 6.61 Å². The predicted molar refractivity (Wildman–Crippen MR) is 42.9 cm³/mol. The zero-order valence-corrected chi connectivity index (χ0v) is 11.6. The molecular formula is C7H15NO3U. The van der Waals surface area contributed by atoms with Crippen LogP contribution in [0, 0.1) is 38.5 Å². The minimum absolute atomic E-state index is 0. The number of esters is 1. The van der Waals surface area contributed by atoms with Crippen LogP contribution in [-0.2, 0) is 9.53 Å². The maximum atomic E-state index is 10.6. The number of aliphatic hydroxyl groups is 1. The fourth-order valence-electron chi connectivity index (χ4n) is 0.490. The number of aliphatic hydroxyl groups excluding tert-OH is 1. The zero-order valence-electron chi connectivity index (χ0n) is 7.46. The number of carbonyl (C=O) groups is 1. The van der Waals surface area contributed by atoms with E-state index >= 15 is 0 Å². The van der Waals surface area contributed by atoms with Gasteiger partial charge in [0.1, 0.15) is 0 Å². The molecular weight excluding hydrogens is 384 g/mol. The van der Waals surface area contributed by atoms with Crippen molar-refractivity contribution in [2.75, 3.05) is 13.2 Å². The summed E-state index contributed by atoms with van der Waals surface area (Å²) in [4.78, 5) is 10.6. The number of nitrogens with one attached hydrogen (secondary N) is 1. The average Bonchev–Trinajstić information content (AvgIpc) is 1.89. The Balaban J connectivity index is -0.000000405. The van der Waals surface area contributed by atoms with Gasteiger partial charge in [-0.3, -0.25) is 4.79 Å². The van der Waals surface area contributed by atoms with E-state index in [1.165, 1.54) is 0 Å². The van der Waals surface area contributed by atoms with Crippen molar-refractivity contribution < 1.29 is 45.8 Å². The summed E-state index contributed by atoms with van der Waals surface area (Å²) in [7, 11) is 0. The zero-order chi connectivity index (χ0) is 7.98. The van der Waals surface area contributed by atoms with Crippen LogP contribution < -0.4 is 0 Å². The van der Waals surface area contributed by atoms with Crippen molar-refractivity contribution in [2.45, 2.75) is 19.4 Å². The molecule has 1 unspecified atom stereocenters. The molecule has 0 rings (SSSR count). The third kappa shape index (κ3) is 8.54. The van der Waals surface area contributed by atoms with Gasteiger partial charge < -0.3 is 23.0 Å². The topological polar surface area (TPSA) is 70.3 Å². The quantitative estimate of drug-likeness (QED) is 0.562. The van der Waals surface area contributed by atoms with Gasteiger partial charge in [0.05, 0.1) is 6.61 Å². The summed E-state index contributed by atoms with van der Waals surface area (Å²) in [6.45, 7) is 1.83. The van der Waals surface area contributed by atoms with E-state index in [-0.39, 0.29) is 51.6 Å². The van der Waals surface area contributed by atoms with Crippen LogP contribution in [0.4, 0.5) is 0 Å². The average molecular weight is 399 g/mol. The Hall–Kier alpha value is 0.442. The van der Waals surface area contributed by atoms with Crippen molar-refractivity contribution in [1.29, 1.82) is 0 Å². The molecule has 4 nitrogen and oxygen atoms in total. The van der Waals surface area contributed by atoms with E-state index in [0.29, 0.717) is 6.61 Å². The van der Waals surface area contributed by atoms with Gasteiger partial charge in [-0.15, -0.1) is 0 Å². The molecule has 0 saturated heterocycles. The van der Waals surface area contributed by atoms with Crippen molar-refractivity contribution in [1.82, 2.24) is 0 Å². The number of rotatable bonds is 4. The molecule has 0 aliphatic heterocycles. The molecule has 0 aromatic carbocycles. The fourth-order valence-corrected chi connectivity index (χ4v) is 0.490. The predicted octanol–water partition coefficient (Wildman–Crippen LogP) is 0.803. The molecule has 0 bridgehead atoms. The van der Waals surface area contributed by atoms with E-state index < -0.39 is 12.0 Å². The van der Waals surface area contributed by atoms with Gasteiger partial charge in [0.15, 0.2) is 0 Å². The van der Waals surface area contributed by atoms with Crippen LogP contribution in [0.2, 0.25) is 0 Å². The fraction of sp³-hybridized carbons (Fsp3) is 0.714. The molecule has 70 valence electrons. The van der Waals surface area contributed by atoms with E-state index in [0.717, 1.165) is 0 Å². The minimum atomic E-state index is -0.926. The van der Waals surface area contributed by atoms with Gasteiger partial charge in [-0.2, -0.15) is 0 Å². The Morgan fingerprint density at radius 1 is 1.67 bits per heavy atom. The van der Waals surface area contributed by atoms with E-state index in [1.807, 2.05) is 0 Å². The van der Waals surface area contributed by atoms with E-state index in [4.69, 9.17) is 10.8 Å². The second-order valence-electron chi connectivity index (χ2n) is 1.82. The Bertz CT molecular complexity index is 111. The van der Waals surface area contributed by atoms with Crippen LogP contribution >= 0.6 is 0 Å². The maximum Gasteiger partial charge on any atom is 2.00 e. The third-order valence-electron chi connectivity index (χ3n) is 0.989. The van der Waals surface area contributed by atoms with E-state index in [1.54, 1.807) is 6.92 Å². The van der Waals surface area contributed by atoms with Gasteiger partial charge in [0.2, 0.25) is 0 Å². The molecule has 0 spiro atoms. The Morgan fingerprint density at radius 2 is 2.17 bits per heavy atom. The molecule has 0 fully saturated rings. The number of ether oxygens (including phenoxy) is 1. The number of hydrogen-bond acceptors (Lipinski definition) is 3. The van der Waals surface area contributed by atoms with Crippen molar-refractivity contribution in [2.24, 2.45) is 0 Å². The first-order valence-corrected chi connectivity index (χ1v) is 3.21. The molecule has 0 aromatic rings. The first kappa shape index (κ1) is 18.3. The monoisotopic (exact) mass is 399 g/mol. The van der Waals surface area contributed by atoms with Crippen LogP contribution in [0.3, 0.4) is 0 Å². The van der Waals surface area contributed by atoms with Crippen molar-refractivity contribution >= 4 is 5.97 Å². The number of carbonyl (C=O) groups excluding carboxylic acids is 1. The Morgan fingerprint density at radius 3 is 2.50 bits per heavy atom. The summed E-state index contributed by atoms with van der Waals surface area (Å²) in [5, 5.41) is 8.33. The Kier molecular flexibility index (Phi) is 17.4. The summed E-state index contributed by atoms with van der Waals surface area (Å²) in [5.74, 6) is -0.559. The molecule has 0 radical (unpaired) electrons. The van der Waals surface area contributed by atoms with Gasteiger partial charge in [-0.1, -0.05) is 0 Å². The first-order chi connectivity index (χ1) is 4.72. The van der Waals surface area contributed by atoms with Crippen LogP contribution in [0.1, 0.15) is 13.3 Å². The van der Waals surface area contributed by atoms with Crippen LogP contribution in [0.25, 0.3) is 5.73 Å². The van der Waals surface area contributed by atoms with Gasteiger partial charge >= 0.3 is 31.1 Å². The van der Waals surface area contributed by atoms with Crippen molar-refractivity contribution in [3.63, 3.8) is 0 Å². The SMILES string of the molecule is CCOC(=O)C([NH-])CCO.[CH3-].[U+2]. The maximum absolute atomic E-state index is 10.6. The molecule has 0 heterocycles. The second-order valence-corrected chi connectivity index (χ2v) is 1.82. The van der Waals surface area contributed by atoms with Gasteiger partial charge in [0.25, 0.3) is 5.97 Å². The Labute approximate surface area is 97.2 Å². The largest absolute Gasteiger partial charge is 2.00 e. The summed E-state index contributed by atoms with van der Waals surface area (Å²) < 4.78 is 4.52. The van der Waals surface area contributed by atoms with Crippen LogP contribution in [-0.4, -0.2) is 30.3 Å². The molecule has 0 aliphatic rings. The van der Waals surface area contributed by atoms with E-state index in [2.05, 4.69) is 4.74 Å². The molecule has 0 aliphatic carbocycles. The molecule has 1 atom stereocenters. The summed E-state index contributed by atoms with van der Waals surface area (Å²) in [5.41, 5.74) is 7.05. The van der Waals surface area contributed by atoms with Gasteiger partial charge in [-0.25, -0.2) is 0 Å². The van der Waals surface area contributed by atoms with Gasteiger partial charge in [-0.05, 0) is 19.4 Å². The minimum Gasteiger partial charge on any atom is -0.665 e. The number of hydrogen-bond donors (Lipinski definition) is 1. The molecule has 5 heteroatoms. The van der Waals surface area contributed by atoms with E-state index in [9.17, 15) is 4.79 Å².